The molecule has 2 fully saturated rings. The number of rotatable bonds is 7. The fraction of sp³-hybridized carbons (Fsp3) is 0.565. The van der Waals surface area contributed by atoms with Crippen LogP contribution in [-0.4, -0.2) is 98.6 Å². The lowest BCUT2D eigenvalue weighted by molar-refractivity contribution is -0.258. The molecule has 36 heavy (non-hydrogen) atoms. The number of piperazine rings is 1. The van der Waals surface area contributed by atoms with Gasteiger partial charge in [-0.05, 0) is 36.1 Å². The molecule has 13 heteroatoms. The van der Waals surface area contributed by atoms with Crippen LogP contribution in [0, 0.1) is 0 Å². The van der Waals surface area contributed by atoms with Crippen molar-refractivity contribution < 1.29 is 36.5 Å². The lowest BCUT2D eigenvalue weighted by atomic mass is 9.95. The van der Waals surface area contributed by atoms with Crippen molar-refractivity contribution in [1.29, 1.82) is 0 Å². The van der Waals surface area contributed by atoms with Crippen LogP contribution in [0.25, 0.3) is 0 Å². The molecule has 2 N–H and O–H groups in total. The molecule has 2 saturated heterocycles. The minimum atomic E-state index is -4.82. The number of anilines is 1. The first-order valence-corrected chi connectivity index (χ1v) is 13.9. The lowest BCUT2D eigenvalue weighted by Crippen LogP contribution is -2.60. The van der Waals surface area contributed by atoms with E-state index in [9.17, 15) is 31.8 Å². The molecule has 0 bridgehead atoms. The number of alkyl halides is 3. The van der Waals surface area contributed by atoms with Crippen LogP contribution in [0.15, 0.2) is 46.0 Å². The van der Waals surface area contributed by atoms with E-state index >= 15 is 0 Å². The molecule has 0 spiro atoms. The highest BCUT2D eigenvalue weighted by Gasteiger charge is 2.51. The van der Waals surface area contributed by atoms with Crippen LogP contribution in [0.2, 0.25) is 0 Å². The molecule has 4 rings (SSSR count). The van der Waals surface area contributed by atoms with Crippen LogP contribution in [0.4, 0.5) is 18.9 Å². The van der Waals surface area contributed by atoms with Gasteiger partial charge < -0.3 is 19.8 Å². The van der Waals surface area contributed by atoms with Crippen molar-refractivity contribution in [2.24, 2.45) is 0 Å². The van der Waals surface area contributed by atoms with E-state index in [1.165, 1.54) is 28.6 Å². The highest BCUT2D eigenvalue weighted by atomic mass is 32.2. The minimum Gasteiger partial charge on any atom is -0.395 e. The van der Waals surface area contributed by atoms with E-state index < -0.39 is 21.8 Å². The first-order valence-electron chi connectivity index (χ1n) is 11.6. The second kappa shape index (κ2) is 10.6. The maximum atomic E-state index is 13.3. The number of ether oxygens (including phenoxy) is 1. The van der Waals surface area contributed by atoms with Crippen molar-refractivity contribution in [2.45, 2.75) is 35.0 Å². The van der Waals surface area contributed by atoms with Crippen molar-refractivity contribution in [3.8, 4) is 0 Å². The normalized spacial score (nSPS) is 24.6. The van der Waals surface area contributed by atoms with E-state index in [-0.39, 0.29) is 41.6 Å². The Morgan fingerprint density at radius 3 is 2.44 bits per heavy atom. The smallest absolute Gasteiger partial charge is 0.395 e. The Morgan fingerprint density at radius 2 is 1.83 bits per heavy atom. The van der Waals surface area contributed by atoms with Crippen LogP contribution in [0.5, 0.6) is 0 Å². The summed E-state index contributed by atoms with van der Waals surface area (Å²) in [6.07, 6.45) is -4.82. The minimum absolute atomic E-state index is 0.106. The first kappa shape index (κ1) is 27.3. The van der Waals surface area contributed by atoms with E-state index in [0.717, 1.165) is 11.3 Å². The molecule has 0 aliphatic carbocycles. The zero-order valence-corrected chi connectivity index (χ0v) is 21.4. The van der Waals surface area contributed by atoms with Gasteiger partial charge in [-0.25, -0.2) is 8.42 Å². The third-order valence-corrected chi connectivity index (χ3v) is 10.1. The fourth-order valence-electron chi connectivity index (χ4n) is 4.59. The number of sulfonamides is 1. The number of thiophene rings is 1. The van der Waals surface area contributed by atoms with Gasteiger partial charge in [-0.1, -0.05) is 18.2 Å². The van der Waals surface area contributed by atoms with Crippen LogP contribution >= 0.6 is 11.3 Å². The molecular formula is C23H30F3N3O5S2. The number of benzene rings is 1. The molecule has 1 unspecified atom stereocenters. The largest absolute Gasteiger partial charge is 0.421 e. The summed E-state index contributed by atoms with van der Waals surface area (Å²) in [5.41, 5.74) is -2.63. The van der Waals surface area contributed by atoms with Gasteiger partial charge in [-0.15, -0.1) is 11.3 Å². The maximum absolute atomic E-state index is 13.3. The van der Waals surface area contributed by atoms with Gasteiger partial charge in [0, 0.05) is 38.4 Å². The van der Waals surface area contributed by atoms with Gasteiger partial charge in [0.1, 0.15) is 4.21 Å². The Bertz CT molecular complexity index is 1110. The number of morpholine rings is 1. The summed E-state index contributed by atoms with van der Waals surface area (Å²) in [5, 5.41) is 21.5. The van der Waals surface area contributed by atoms with Gasteiger partial charge in [-0.3, -0.25) is 4.90 Å². The van der Waals surface area contributed by atoms with Crippen molar-refractivity contribution >= 4 is 27.0 Å². The van der Waals surface area contributed by atoms with Crippen LogP contribution in [0.1, 0.15) is 12.5 Å². The van der Waals surface area contributed by atoms with Gasteiger partial charge in [0.05, 0.1) is 31.9 Å². The second-order valence-electron chi connectivity index (χ2n) is 9.17. The second-order valence-corrected chi connectivity index (χ2v) is 12.3. The Labute approximate surface area is 212 Å². The van der Waals surface area contributed by atoms with Gasteiger partial charge in [-0.2, -0.15) is 17.5 Å². The van der Waals surface area contributed by atoms with Gasteiger partial charge in [0.25, 0.3) is 10.0 Å². The number of aliphatic hydroxyl groups is 2. The lowest BCUT2D eigenvalue weighted by Gasteiger charge is -2.45. The summed E-state index contributed by atoms with van der Waals surface area (Å²) < 4.78 is 73.4. The van der Waals surface area contributed by atoms with E-state index in [0.29, 0.717) is 45.5 Å². The van der Waals surface area contributed by atoms with Crippen LogP contribution < -0.4 is 4.90 Å². The van der Waals surface area contributed by atoms with E-state index in [4.69, 9.17) is 4.74 Å². The monoisotopic (exact) mass is 549 g/mol. The number of nitrogens with zero attached hydrogens (tertiary/aromatic N) is 3. The summed E-state index contributed by atoms with van der Waals surface area (Å²) in [5.74, 6) is 0. The molecule has 0 radical (unpaired) electrons. The third kappa shape index (κ3) is 5.42. The maximum Gasteiger partial charge on any atom is 0.421 e. The van der Waals surface area contributed by atoms with E-state index in [1.807, 2.05) is 4.90 Å². The number of aliphatic hydroxyl groups excluding tert-OH is 1. The molecule has 0 amide bonds. The molecule has 2 aliphatic rings. The Morgan fingerprint density at radius 1 is 1.11 bits per heavy atom. The average Bonchev–Trinajstić information content (AvgIpc) is 3.40. The van der Waals surface area contributed by atoms with Gasteiger partial charge in [0.2, 0.25) is 0 Å². The Kier molecular flexibility index (Phi) is 8.01. The summed E-state index contributed by atoms with van der Waals surface area (Å²) in [7, 11) is -3.69. The Hall–Kier alpha value is -1.74. The molecule has 3 heterocycles. The van der Waals surface area contributed by atoms with E-state index in [2.05, 4.69) is 4.90 Å². The molecule has 2 aliphatic heterocycles. The van der Waals surface area contributed by atoms with Gasteiger partial charge in [0.15, 0.2) is 5.60 Å². The molecule has 3 atom stereocenters. The van der Waals surface area contributed by atoms with Gasteiger partial charge >= 0.3 is 6.18 Å². The number of halogens is 3. The highest BCUT2D eigenvalue weighted by molar-refractivity contribution is 7.91. The summed E-state index contributed by atoms with van der Waals surface area (Å²) in [4.78, 5) is 4.04. The average molecular weight is 550 g/mol. The molecule has 200 valence electrons. The number of hydrogen-bond donors (Lipinski definition) is 2. The molecule has 1 aromatic carbocycles. The zero-order chi connectivity index (χ0) is 26.1. The van der Waals surface area contributed by atoms with Crippen molar-refractivity contribution in [1.82, 2.24) is 9.21 Å². The predicted octanol–water partition coefficient (Wildman–Crippen LogP) is 2.09. The predicted molar refractivity (Wildman–Crippen MR) is 130 cm³/mol. The summed E-state index contributed by atoms with van der Waals surface area (Å²) >= 11 is 1.15. The topological polar surface area (TPSA) is 93.6 Å². The molecule has 1 aromatic heterocycles. The molecule has 8 nitrogen and oxygen atoms in total. The SMILES string of the molecule is CC(O)(c1ccc(N2CCN(S(=O)(=O)c3cccs3)C[C@@H]2CN2CCOC[C@H]2CO)cc1)C(F)(F)F. The van der Waals surface area contributed by atoms with Crippen molar-refractivity contribution in [3.05, 3.63) is 47.3 Å². The first-order chi connectivity index (χ1) is 16.9. The fourth-order valence-corrected chi connectivity index (χ4v) is 7.20. The Balaban J connectivity index is 1.61. The van der Waals surface area contributed by atoms with Crippen LogP contribution in [0.3, 0.4) is 0 Å². The summed E-state index contributed by atoms with van der Waals surface area (Å²) in [6.45, 7) is 3.19. The molecule has 2 aromatic rings. The third-order valence-electron chi connectivity index (χ3n) is 6.85. The van der Waals surface area contributed by atoms with E-state index in [1.54, 1.807) is 17.5 Å². The van der Waals surface area contributed by atoms with Crippen molar-refractivity contribution in [2.75, 3.05) is 57.4 Å². The van der Waals surface area contributed by atoms with Crippen LogP contribution in [-0.2, 0) is 20.4 Å². The summed E-state index contributed by atoms with van der Waals surface area (Å²) in [6, 6.07) is 8.24. The molecule has 0 saturated carbocycles. The number of hydrogen-bond acceptors (Lipinski definition) is 8. The molecular weight excluding hydrogens is 519 g/mol. The zero-order valence-electron chi connectivity index (χ0n) is 19.8. The standard InChI is InChI=1S/C23H30F3N3O5S2/c1-22(31,23(24,25)26)17-4-6-18(7-5-17)29-9-8-28(36(32,33)21-3-2-12-35-21)14-19(29)13-27-10-11-34-16-20(27)15-30/h2-7,12,19-20,30-31H,8-11,13-16H2,1H3/t19-,20+,22?/m0/s1. The highest BCUT2D eigenvalue weighted by Crippen LogP contribution is 2.39. The van der Waals surface area contributed by atoms with Crippen molar-refractivity contribution in [3.63, 3.8) is 0 Å². The quantitative estimate of drug-likeness (QED) is 0.547.